The number of nitrogens with zero attached hydrogens (tertiary/aromatic N) is 5. The second-order valence-electron chi connectivity index (χ2n) is 6.44. The van der Waals surface area contributed by atoms with Crippen molar-refractivity contribution in [1.29, 1.82) is 0 Å². The van der Waals surface area contributed by atoms with Crippen molar-refractivity contribution in [2.24, 2.45) is 0 Å². The summed E-state index contributed by atoms with van der Waals surface area (Å²) < 4.78 is 40.9. The number of hydrogen-bond donors (Lipinski definition) is 0. The normalized spacial score (nSPS) is 12.4. The minimum absolute atomic E-state index is 0.150. The Bertz CT molecular complexity index is 1210. The van der Waals surface area contributed by atoms with E-state index >= 15 is 0 Å². The summed E-state index contributed by atoms with van der Waals surface area (Å²) in [6, 6.07) is 9.05. The van der Waals surface area contributed by atoms with Crippen LogP contribution in [-0.4, -0.2) is 24.1 Å². The van der Waals surface area contributed by atoms with Gasteiger partial charge in [-0.15, -0.1) is 5.10 Å². The van der Waals surface area contributed by atoms with Gasteiger partial charge in [-0.3, -0.25) is 9.36 Å². The smallest absolute Gasteiger partial charge is 0.284 e. The molecule has 0 bridgehead atoms. The van der Waals surface area contributed by atoms with E-state index in [1.54, 1.807) is 0 Å². The van der Waals surface area contributed by atoms with Gasteiger partial charge in [0.15, 0.2) is 0 Å². The topological polar surface area (TPSA) is 65.1 Å². The number of aromatic nitrogens is 5. The van der Waals surface area contributed by atoms with Gasteiger partial charge in [0, 0.05) is 18.1 Å². The van der Waals surface area contributed by atoms with Crippen LogP contribution in [0.25, 0.3) is 22.4 Å². The molecule has 4 rings (SSSR count). The van der Waals surface area contributed by atoms with Gasteiger partial charge in [-0.2, -0.15) is 22.7 Å². The first-order valence-electron chi connectivity index (χ1n) is 8.20. The Hall–Kier alpha value is -3.23. The Balaban J connectivity index is 1.89. The van der Waals surface area contributed by atoms with E-state index in [0.29, 0.717) is 11.6 Å². The van der Waals surface area contributed by atoms with Gasteiger partial charge in [0.1, 0.15) is 0 Å². The zero-order valence-electron chi connectivity index (χ0n) is 14.4. The van der Waals surface area contributed by atoms with Gasteiger partial charge in [-0.25, -0.2) is 4.98 Å². The Morgan fingerprint density at radius 1 is 1.07 bits per heavy atom. The van der Waals surface area contributed by atoms with Crippen LogP contribution in [0, 0.1) is 0 Å². The second-order valence-corrected chi connectivity index (χ2v) is 6.44. The maximum atomic E-state index is 12.8. The molecule has 0 saturated heterocycles. The van der Waals surface area contributed by atoms with E-state index in [2.05, 4.69) is 28.9 Å². The van der Waals surface area contributed by atoms with Crippen molar-refractivity contribution in [3.63, 3.8) is 0 Å². The molecule has 3 heterocycles. The molecule has 0 spiro atoms. The third-order valence-corrected chi connectivity index (χ3v) is 4.33. The lowest BCUT2D eigenvalue weighted by atomic mass is 10.0. The van der Waals surface area contributed by atoms with Crippen LogP contribution in [0.1, 0.15) is 31.2 Å². The predicted molar refractivity (Wildman–Crippen MR) is 93.0 cm³/mol. The standard InChI is InChI=1S/C18H14F3N5O/c1-10(2)11-3-5-12(6-4-11)25-8-7-14-13(15(25)27)9-22-17-23-16(18(19,20)21)24-26(14)17/h3-10H,1-2H3. The molecule has 0 radical (unpaired) electrons. The predicted octanol–water partition coefficient (Wildman–Crippen LogP) is 3.57. The van der Waals surface area contributed by atoms with Crippen LogP contribution < -0.4 is 5.56 Å². The highest BCUT2D eigenvalue weighted by molar-refractivity contribution is 5.79. The SMILES string of the molecule is CC(C)c1ccc(-n2ccc3c(cnc4nc(C(F)(F)F)nn43)c2=O)cc1. The number of hydrogen-bond acceptors (Lipinski definition) is 4. The van der Waals surface area contributed by atoms with Gasteiger partial charge in [0.05, 0.1) is 10.9 Å². The molecule has 0 atom stereocenters. The molecule has 0 aliphatic carbocycles. The van der Waals surface area contributed by atoms with Crippen molar-refractivity contribution in [2.75, 3.05) is 0 Å². The van der Waals surface area contributed by atoms with E-state index in [-0.39, 0.29) is 16.7 Å². The average Bonchev–Trinajstić information content (AvgIpc) is 3.07. The quantitative estimate of drug-likeness (QED) is 0.539. The average molecular weight is 373 g/mol. The number of pyridine rings is 1. The molecule has 1 aromatic carbocycles. The Labute approximate surface area is 150 Å². The lowest BCUT2D eigenvalue weighted by Crippen LogP contribution is -2.19. The Morgan fingerprint density at radius 2 is 1.78 bits per heavy atom. The van der Waals surface area contributed by atoms with Crippen molar-refractivity contribution in [3.05, 3.63) is 64.5 Å². The summed E-state index contributed by atoms with van der Waals surface area (Å²) in [5, 5.41) is 3.61. The van der Waals surface area contributed by atoms with Crippen LogP contribution in [0.15, 0.2) is 47.5 Å². The molecular formula is C18H14F3N5O. The van der Waals surface area contributed by atoms with Gasteiger partial charge < -0.3 is 0 Å². The lowest BCUT2D eigenvalue weighted by Gasteiger charge is -2.10. The van der Waals surface area contributed by atoms with E-state index < -0.39 is 17.6 Å². The third kappa shape index (κ3) is 2.84. The summed E-state index contributed by atoms with van der Waals surface area (Å²) in [7, 11) is 0. The van der Waals surface area contributed by atoms with Crippen molar-refractivity contribution in [3.8, 4) is 5.69 Å². The van der Waals surface area contributed by atoms with E-state index in [0.717, 1.165) is 10.1 Å². The number of alkyl halides is 3. The first-order chi connectivity index (χ1) is 12.8. The minimum atomic E-state index is -4.69. The second kappa shape index (κ2) is 5.90. The number of benzene rings is 1. The zero-order valence-corrected chi connectivity index (χ0v) is 14.4. The molecule has 4 aromatic rings. The van der Waals surface area contributed by atoms with Crippen LogP contribution >= 0.6 is 0 Å². The molecule has 0 N–H and O–H groups in total. The van der Waals surface area contributed by atoms with E-state index in [9.17, 15) is 18.0 Å². The van der Waals surface area contributed by atoms with Crippen LogP contribution in [0.3, 0.4) is 0 Å². The minimum Gasteiger partial charge on any atom is -0.284 e. The molecular weight excluding hydrogens is 359 g/mol. The van der Waals surface area contributed by atoms with E-state index in [1.165, 1.54) is 23.0 Å². The molecule has 27 heavy (non-hydrogen) atoms. The molecule has 0 amide bonds. The summed E-state index contributed by atoms with van der Waals surface area (Å²) in [5.74, 6) is -1.15. The maximum absolute atomic E-state index is 12.8. The fraction of sp³-hybridized carbons (Fsp3) is 0.222. The lowest BCUT2D eigenvalue weighted by molar-refractivity contribution is -0.144. The van der Waals surface area contributed by atoms with Crippen LogP contribution in [0.4, 0.5) is 13.2 Å². The zero-order chi connectivity index (χ0) is 19.3. The number of halogens is 3. The summed E-state index contributed by atoms with van der Waals surface area (Å²) in [6.45, 7) is 4.14. The fourth-order valence-electron chi connectivity index (χ4n) is 2.86. The number of fused-ring (bicyclic) bond motifs is 3. The van der Waals surface area contributed by atoms with Gasteiger partial charge in [-0.05, 0) is 29.7 Å². The van der Waals surface area contributed by atoms with Gasteiger partial charge >= 0.3 is 6.18 Å². The molecule has 0 aliphatic rings. The summed E-state index contributed by atoms with van der Waals surface area (Å²) in [5.41, 5.74) is 1.60. The van der Waals surface area contributed by atoms with Crippen molar-refractivity contribution in [1.82, 2.24) is 24.1 Å². The van der Waals surface area contributed by atoms with Crippen molar-refractivity contribution >= 4 is 16.7 Å². The van der Waals surface area contributed by atoms with Gasteiger partial charge in [0.2, 0.25) is 0 Å². The Kier molecular flexibility index (Phi) is 3.76. The highest BCUT2D eigenvalue weighted by Gasteiger charge is 2.36. The highest BCUT2D eigenvalue weighted by Crippen LogP contribution is 2.27. The summed E-state index contributed by atoms with van der Waals surface area (Å²) in [4.78, 5) is 20.1. The van der Waals surface area contributed by atoms with Crippen LogP contribution in [0.5, 0.6) is 0 Å². The van der Waals surface area contributed by atoms with Crippen molar-refractivity contribution in [2.45, 2.75) is 25.9 Å². The van der Waals surface area contributed by atoms with Crippen LogP contribution in [0.2, 0.25) is 0 Å². The molecule has 138 valence electrons. The first-order valence-corrected chi connectivity index (χ1v) is 8.20. The van der Waals surface area contributed by atoms with Gasteiger partial charge in [-0.1, -0.05) is 26.0 Å². The van der Waals surface area contributed by atoms with Crippen LogP contribution in [-0.2, 0) is 6.18 Å². The molecule has 0 unspecified atom stereocenters. The van der Waals surface area contributed by atoms with Gasteiger partial charge in [0.25, 0.3) is 17.2 Å². The van der Waals surface area contributed by atoms with E-state index in [4.69, 9.17) is 0 Å². The maximum Gasteiger partial charge on any atom is 0.453 e. The molecule has 9 heteroatoms. The van der Waals surface area contributed by atoms with Crippen molar-refractivity contribution < 1.29 is 13.2 Å². The molecule has 6 nitrogen and oxygen atoms in total. The first kappa shape index (κ1) is 17.2. The molecule has 0 saturated carbocycles. The third-order valence-electron chi connectivity index (χ3n) is 4.33. The summed E-state index contributed by atoms with van der Waals surface area (Å²) >= 11 is 0. The molecule has 3 aromatic heterocycles. The monoisotopic (exact) mass is 373 g/mol. The van der Waals surface area contributed by atoms with E-state index in [1.807, 2.05) is 24.3 Å². The molecule has 0 aliphatic heterocycles. The number of rotatable bonds is 2. The largest absolute Gasteiger partial charge is 0.453 e. The molecule has 0 fully saturated rings. The fourth-order valence-corrected chi connectivity index (χ4v) is 2.86. The highest BCUT2D eigenvalue weighted by atomic mass is 19.4. The Morgan fingerprint density at radius 3 is 2.41 bits per heavy atom. The summed E-state index contributed by atoms with van der Waals surface area (Å²) in [6.07, 6.45) is -1.96.